The number of Topliss-reactive ketones (excluding diaryl/α,β-unsaturated/α-hetero) is 1. The first kappa shape index (κ1) is 10.4. The molecule has 1 saturated heterocycles. The van der Waals surface area contributed by atoms with Gasteiger partial charge in [0.15, 0.2) is 18.3 Å². The van der Waals surface area contributed by atoms with Crippen LogP contribution in [-0.4, -0.2) is 18.4 Å². The zero-order valence-corrected chi connectivity index (χ0v) is 8.60. The fourth-order valence-corrected chi connectivity index (χ4v) is 1.56. The van der Waals surface area contributed by atoms with Gasteiger partial charge in [0.2, 0.25) is 0 Å². The molecule has 1 N–H and O–H groups in total. The third kappa shape index (κ3) is 1.95. The lowest BCUT2D eigenvalue weighted by atomic mass is 10.0. The van der Waals surface area contributed by atoms with Crippen LogP contribution < -0.4 is 5.32 Å². The molecule has 4 heteroatoms. The molecule has 1 atom stereocenters. The monoisotopic (exact) mass is 217 g/mol. The largest absolute Gasteiger partial charge is 0.457 e. The Kier molecular flexibility index (Phi) is 2.72. The molecule has 0 saturated carbocycles. The van der Waals surface area contributed by atoms with Gasteiger partial charge in [-0.3, -0.25) is 9.59 Å². The molecule has 1 fully saturated rings. The van der Waals surface area contributed by atoms with Crippen LogP contribution >= 0.6 is 0 Å². The van der Waals surface area contributed by atoms with E-state index in [4.69, 9.17) is 0 Å². The lowest BCUT2D eigenvalue weighted by Gasteiger charge is -2.11. The second-order valence-corrected chi connectivity index (χ2v) is 3.52. The van der Waals surface area contributed by atoms with E-state index in [9.17, 15) is 9.59 Å². The molecular weight excluding hydrogens is 206 g/mol. The molecule has 1 aliphatic rings. The summed E-state index contributed by atoms with van der Waals surface area (Å²) in [6.07, 6.45) is 0. The fraction of sp³-hybridized carbons (Fsp3) is 0.167. The van der Waals surface area contributed by atoms with Gasteiger partial charge < -0.3 is 10.1 Å². The number of ketones is 1. The topological polar surface area (TPSA) is 55.4 Å². The van der Waals surface area contributed by atoms with Crippen LogP contribution in [0.4, 0.5) is 5.69 Å². The number of esters is 1. The van der Waals surface area contributed by atoms with Crippen molar-refractivity contribution >= 4 is 17.4 Å². The van der Waals surface area contributed by atoms with Crippen molar-refractivity contribution in [1.29, 1.82) is 0 Å². The number of hydrogen-bond acceptors (Lipinski definition) is 4. The second kappa shape index (κ2) is 4.18. The number of cyclic esters (lactones) is 1. The van der Waals surface area contributed by atoms with E-state index in [2.05, 4.69) is 16.6 Å². The zero-order chi connectivity index (χ0) is 11.5. The minimum absolute atomic E-state index is 0.154. The average Bonchev–Trinajstić information content (AvgIpc) is 2.60. The lowest BCUT2D eigenvalue weighted by Crippen LogP contribution is -2.21. The number of ether oxygens (including phenoxy) is 1. The normalized spacial score (nSPS) is 19.4. The standard InChI is InChI=1S/C12H11NO3/c1-8(11-10(14)7-16-12(11)15)13-9-5-3-2-4-6-9/h2-6,11,13H,1,7H2/t11-/m1/s1. The Morgan fingerprint density at radius 1 is 1.31 bits per heavy atom. The fourth-order valence-electron chi connectivity index (χ4n) is 1.56. The number of anilines is 1. The van der Waals surface area contributed by atoms with Gasteiger partial charge in [0.1, 0.15) is 0 Å². The molecule has 1 heterocycles. The van der Waals surface area contributed by atoms with Crippen molar-refractivity contribution < 1.29 is 14.3 Å². The third-order valence-corrected chi connectivity index (χ3v) is 2.34. The maximum Gasteiger partial charge on any atom is 0.323 e. The Morgan fingerprint density at radius 3 is 2.56 bits per heavy atom. The number of carbonyl (C=O) groups is 2. The molecule has 0 aliphatic carbocycles. The van der Waals surface area contributed by atoms with E-state index < -0.39 is 11.9 Å². The molecule has 0 unspecified atom stereocenters. The van der Waals surface area contributed by atoms with E-state index >= 15 is 0 Å². The first-order valence-electron chi connectivity index (χ1n) is 4.88. The summed E-state index contributed by atoms with van der Waals surface area (Å²) >= 11 is 0. The summed E-state index contributed by atoms with van der Waals surface area (Å²) in [4.78, 5) is 22.6. The summed E-state index contributed by atoms with van der Waals surface area (Å²) in [7, 11) is 0. The Bertz CT molecular complexity index is 423. The molecule has 1 aliphatic heterocycles. The minimum atomic E-state index is -0.875. The van der Waals surface area contributed by atoms with Gasteiger partial charge in [0.25, 0.3) is 0 Å². The van der Waals surface area contributed by atoms with Crippen LogP contribution in [0.15, 0.2) is 42.6 Å². The average molecular weight is 217 g/mol. The number of rotatable bonds is 3. The van der Waals surface area contributed by atoms with E-state index in [-0.39, 0.29) is 12.4 Å². The van der Waals surface area contributed by atoms with E-state index in [1.165, 1.54) is 0 Å². The first-order valence-corrected chi connectivity index (χ1v) is 4.88. The SMILES string of the molecule is C=C(Nc1ccccc1)[C@@H]1C(=O)COC1=O. The Labute approximate surface area is 92.9 Å². The van der Waals surface area contributed by atoms with Gasteiger partial charge in [-0.25, -0.2) is 0 Å². The van der Waals surface area contributed by atoms with Crippen LogP contribution in [0.3, 0.4) is 0 Å². The predicted octanol–water partition coefficient (Wildman–Crippen LogP) is 1.35. The molecule has 0 aromatic heterocycles. The second-order valence-electron chi connectivity index (χ2n) is 3.52. The Balaban J connectivity index is 2.09. The van der Waals surface area contributed by atoms with Gasteiger partial charge in [-0.1, -0.05) is 24.8 Å². The molecule has 4 nitrogen and oxygen atoms in total. The molecule has 16 heavy (non-hydrogen) atoms. The Morgan fingerprint density at radius 2 is 2.00 bits per heavy atom. The summed E-state index contributed by atoms with van der Waals surface area (Å²) < 4.78 is 4.65. The molecule has 0 radical (unpaired) electrons. The smallest absolute Gasteiger partial charge is 0.323 e. The van der Waals surface area contributed by atoms with Gasteiger partial charge in [-0.2, -0.15) is 0 Å². The van der Waals surface area contributed by atoms with Gasteiger partial charge >= 0.3 is 5.97 Å². The van der Waals surface area contributed by atoms with Crippen molar-refractivity contribution in [3.05, 3.63) is 42.6 Å². The van der Waals surface area contributed by atoms with Crippen molar-refractivity contribution in [2.24, 2.45) is 5.92 Å². The number of benzene rings is 1. The summed E-state index contributed by atoms with van der Waals surface area (Å²) in [6.45, 7) is 3.55. The molecule has 1 aromatic carbocycles. The molecular formula is C12H11NO3. The molecule has 2 rings (SSSR count). The number of nitrogens with one attached hydrogen (secondary N) is 1. The van der Waals surface area contributed by atoms with Crippen LogP contribution in [0.25, 0.3) is 0 Å². The summed E-state index contributed by atoms with van der Waals surface area (Å²) in [6, 6.07) is 9.24. The highest BCUT2D eigenvalue weighted by molar-refractivity contribution is 6.07. The Hall–Kier alpha value is -2.10. The highest BCUT2D eigenvalue weighted by Gasteiger charge is 2.37. The minimum Gasteiger partial charge on any atom is -0.457 e. The lowest BCUT2D eigenvalue weighted by molar-refractivity contribution is -0.140. The molecule has 0 spiro atoms. The van der Waals surface area contributed by atoms with E-state index in [1.807, 2.05) is 30.3 Å². The summed E-state index contributed by atoms with van der Waals surface area (Å²) in [5.74, 6) is -1.66. The van der Waals surface area contributed by atoms with Crippen molar-refractivity contribution in [2.45, 2.75) is 0 Å². The van der Waals surface area contributed by atoms with Gasteiger partial charge in [-0.15, -0.1) is 0 Å². The van der Waals surface area contributed by atoms with Crippen molar-refractivity contribution in [2.75, 3.05) is 11.9 Å². The van der Waals surface area contributed by atoms with E-state index in [0.29, 0.717) is 5.70 Å². The van der Waals surface area contributed by atoms with Crippen LogP contribution in [0.2, 0.25) is 0 Å². The van der Waals surface area contributed by atoms with Crippen molar-refractivity contribution in [3.63, 3.8) is 0 Å². The summed E-state index contributed by atoms with van der Waals surface area (Å²) in [5.41, 5.74) is 1.15. The zero-order valence-electron chi connectivity index (χ0n) is 8.60. The van der Waals surface area contributed by atoms with Crippen LogP contribution in [0.1, 0.15) is 0 Å². The molecule has 0 amide bonds. The van der Waals surface area contributed by atoms with Crippen LogP contribution in [-0.2, 0) is 14.3 Å². The third-order valence-electron chi connectivity index (χ3n) is 2.34. The van der Waals surface area contributed by atoms with E-state index in [1.54, 1.807) is 0 Å². The molecule has 0 bridgehead atoms. The van der Waals surface area contributed by atoms with Crippen molar-refractivity contribution in [1.82, 2.24) is 0 Å². The van der Waals surface area contributed by atoms with Crippen LogP contribution in [0.5, 0.6) is 0 Å². The highest BCUT2D eigenvalue weighted by atomic mass is 16.5. The predicted molar refractivity (Wildman–Crippen MR) is 58.7 cm³/mol. The maximum absolute atomic E-state index is 11.4. The highest BCUT2D eigenvalue weighted by Crippen LogP contribution is 2.20. The van der Waals surface area contributed by atoms with Crippen molar-refractivity contribution in [3.8, 4) is 0 Å². The maximum atomic E-state index is 11.4. The number of carbonyl (C=O) groups excluding carboxylic acids is 2. The number of hydrogen-bond donors (Lipinski definition) is 1. The van der Waals surface area contributed by atoms with E-state index in [0.717, 1.165) is 5.69 Å². The summed E-state index contributed by atoms with van der Waals surface area (Å²) in [5, 5.41) is 2.93. The number of para-hydroxylation sites is 1. The van der Waals surface area contributed by atoms with Gasteiger partial charge in [0.05, 0.1) is 0 Å². The van der Waals surface area contributed by atoms with Gasteiger partial charge in [0, 0.05) is 11.4 Å². The molecule has 82 valence electrons. The molecule has 1 aromatic rings. The quantitative estimate of drug-likeness (QED) is 0.613. The first-order chi connectivity index (χ1) is 7.68. The van der Waals surface area contributed by atoms with Crippen LogP contribution in [0, 0.1) is 5.92 Å². The van der Waals surface area contributed by atoms with Gasteiger partial charge in [-0.05, 0) is 12.1 Å².